The van der Waals surface area contributed by atoms with Crippen LogP contribution in [0.25, 0.3) is 0 Å². The molecule has 2 heterocycles. The Hall–Kier alpha value is -1.29. The Morgan fingerprint density at radius 1 is 0.923 bits per heavy atom. The number of nitrogens with zero attached hydrogens (tertiary/aromatic N) is 1. The van der Waals surface area contributed by atoms with Gasteiger partial charge in [0.25, 0.3) is 0 Å². The van der Waals surface area contributed by atoms with Crippen LogP contribution in [0.2, 0.25) is 0 Å². The van der Waals surface area contributed by atoms with Gasteiger partial charge in [0.1, 0.15) is 0 Å². The molecule has 2 aliphatic rings. The first kappa shape index (κ1) is 21.0. The van der Waals surface area contributed by atoms with Gasteiger partial charge in [-0.3, -0.25) is 4.90 Å². The molecule has 142 valence electrons. The molecule has 2 aromatic rings. The molecule has 2 nitrogen and oxygen atoms in total. The first-order valence-electron chi connectivity index (χ1n) is 9.97. The number of fused-ring (bicyclic) bond motifs is 1. The highest BCUT2D eigenvalue weighted by molar-refractivity contribution is 7.99. The van der Waals surface area contributed by atoms with Gasteiger partial charge in [-0.05, 0) is 11.1 Å². The van der Waals surface area contributed by atoms with Gasteiger partial charge in [0, 0.05) is 49.6 Å². The largest absolute Gasteiger partial charge is 0.314 e. The van der Waals surface area contributed by atoms with Gasteiger partial charge in [-0.2, -0.15) is 11.8 Å². The van der Waals surface area contributed by atoms with Crippen LogP contribution in [0, 0.1) is 0 Å². The minimum absolute atomic E-state index is 0.484. The van der Waals surface area contributed by atoms with E-state index < -0.39 is 0 Å². The summed E-state index contributed by atoms with van der Waals surface area (Å²) >= 11 is 2.10. The Balaban J connectivity index is 0.000000178. The van der Waals surface area contributed by atoms with E-state index in [1.165, 1.54) is 48.8 Å². The molecule has 3 heteroatoms. The number of thioether (sulfide) groups is 1. The quantitative estimate of drug-likeness (QED) is 0.812. The van der Waals surface area contributed by atoms with Crippen LogP contribution in [-0.4, -0.2) is 48.6 Å². The number of hydrogen-bond acceptors (Lipinski definition) is 3. The lowest BCUT2D eigenvalue weighted by atomic mass is 9.93. The van der Waals surface area contributed by atoms with E-state index in [1.54, 1.807) is 0 Å². The predicted molar refractivity (Wildman–Crippen MR) is 117 cm³/mol. The maximum Gasteiger partial charge on any atom is 0.0312 e. The molecular formula is C23H34N2S. The first-order chi connectivity index (χ1) is 12.8. The van der Waals surface area contributed by atoms with Crippen LogP contribution in [0.15, 0.2) is 60.7 Å². The van der Waals surface area contributed by atoms with Crippen LogP contribution in [0.1, 0.15) is 37.8 Å². The Kier molecular flexibility index (Phi) is 9.83. The van der Waals surface area contributed by atoms with Gasteiger partial charge < -0.3 is 5.32 Å². The Morgan fingerprint density at radius 2 is 1.50 bits per heavy atom. The van der Waals surface area contributed by atoms with Crippen LogP contribution in [0.5, 0.6) is 0 Å². The SMILES string of the molecule is C1CN2CCSCC2CN1.CC.CC(c1ccccc1)c1ccccc1. The van der Waals surface area contributed by atoms with E-state index in [2.05, 4.69) is 89.6 Å². The molecule has 2 saturated heterocycles. The molecule has 0 aromatic heterocycles. The third-order valence-corrected chi connectivity index (χ3v) is 6.00. The second-order valence-corrected chi connectivity index (χ2v) is 7.66. The van der Waals surface area contributed by atoms with Crippen molar-refractivity contribution in [1.29, 1.82) is 0 Å². The number of rotatable bonds is 2. The van der Waals surface area contributed by atoms with E-state index in [0.717, 1.165) is 6.04 Å². The molecule has 1 N–H and O–H groups in total. The second-order valence-electron chi connectivity index (χ2n) is 6.51. The van der Waals surface area contributed by atoms with Crippen molar-refractivity contribution in [3.05, 3.63) is 71.8 Å². The zero-order valence-electron chi connectivity index (χ0n) is 16.5. The average Bonchev–Trinajstić information content (AvgIpc) is 2.76. The van der Waals surface area contributed by atoms with Crippen molar-refractivity contribution in [3.63, 3.8) is 0 Å². The Bertz CT molecular complexity index is 522. The van der Waals surface area contributed by atoms with Crippen LogP contribution >= 0.6 is 11.8 Å². The molecule has 4 rings (SSSR count). The van der Waals surface area contributed by atoms with Crippen LogP contribution in [-0.2, 0) is 0 Å². The van der Waals surface area contributed by atoms with Crippen LogP contribution < -0.4 is 5.32 Å². The molecule has 0 spiro atoms. The molecule has 1 atom stereocenters. The van der Waals surface area contributed by atoms with E-state index in [9.17, 15) is 0 Å². The molecule has 0 bridgehead atoms. The van der Waals surface area contributed by atoms with Crippen molar-refractivity contribution in [2.24, 2.45) is 0 Å². The molecule has 2 aliphatic heterocycles. The molecule has 26 heavy (non-hydrogen) atoms. The Labute approximate surface area is 164 Å². The summed E-state index contributed by atoms with van der Waals surface area (Å²) in [5, 5.41) is 3.43. The molecule has 0 amide bonds. The smallest absolute Gasteiger partial charge is 0.0312 e. The van der Waals surface area contributed by atoms with Crippen molar-refractivity contribution >= 4 is 11.8 Å². The standard InChI is InChI=1S/C14H14.C7H14N2S.C2H6/c1-12(13-8-4-2-5-9-13)14-10-6-3-7-11-14;1-2-9-3-4-10-6-7(9)5-8-1;1-2/h2-12H,1H3;7-8H,1-6H2;1-2H3. The summed E-state index contributed by atoms with van der Waals surface area (Å²) in [4.78, 5) is 2.62. The second kappa shape index (κ2) is 12.2. The summed E-state index contributed by atoms with van der Waals surface area (Å²) in [6.07, 6.45) is 0. The van der Waals surface area contributed by atoms with E-state index in [0.29, 0.717) is 5.92 Å². The van der Waals surface area contributed by atoms with Crippen molar-refractivity contribution < 1.29 is 0 Å². The number of nitrogens with one attached hydrogen (secondary N) is 1. The topological polar surface area (TPSA) is 15.3 Å². The lowest BCUT2D eigenvalue weighted by Gasteiger charge is -2.39. The van der Waals surface area contributed by atoms with Gasteiger partial charge in [0.2, 0.25) is 0 Å². The number of benzene rings is 2. The zero-order valence-corrected chi connectivity index (χ0v) is 17.3. The molecule has 0 saturated carbocycles. The highest BCUT2D eigenvalue weighted by atomic mass is 32.2. The zero-order chi connectivity index (χ0) is 18.6. The fourth-order valence-electron chi connectivity index (χ4n) is 3.34. The van der Waals surface area contributed by atoms with Gasteiger partial charge in [0.15, 0.2) is 0 Å². The maximum atomic E-state index is 3.43. The number of piperazine rings is 1. The monoisotopic (exact) mass is 370 g/mol. The fraction of sp³-hybridized carbons (Fsp3) is 0.478. The van der Waals surface area contributed by atoms with Crippen molar-refractivity contribution in [3.8, 4) is 0 Å². The third-order valence-electron chi connectivity index (χ3n) is 4.90. The van der Waals surface area contributed by atoms with Crippen LogP contribution in [0.4, 0.5) is 0 Å². The predicted octanol–water partition coefficient (Wildman–Crippen LogP) is 4.87. The third kappa shape index (κ3) is 6.46. The van der Waals surface area contributed by atoms with E-state index in [1.807, 2.05) is 13.8 Å². The minimum Gasteiger partial charge on any atom is -0.314 e. The number of hydrogen-bond donors (Lipinski definition) is 1. The van der Waals surface area contributed by atoms with Gasteiger partial charge in [-0.1, -0.05) is 81.4 Å². The van der Waals surface area contributed by atoms with E-state index >= 15 is 0 Å². The maximum absolute atomic E-state index is 3.43. The van der Waals surface area contributed by atoms with Crippen molar-refractivity contribution in [1.82, 2.24) is 10.2 Å². The van der Waals surface area contributed by atoms with Gasteiger partial charge in [-0.15, -0.1) is 0 Å². The van der Waals surface area contributed by atoms with E-state index in [-0.39, 0.29) is 0 Å². The minimum atomic E-state index is 0.484. The van der Waals surface area contributed by atoms with Gasteiger partial charge >= 0.3 is 0 Å². The summed E-state index contributed by atoms with van der Waals surface area (Å²) in [6, 6.07) is 22.0. The van der Waals surface area contributed by atoms with E-state index in [4.69, 9.17) is 0 Å². The summed E-state index contributed by atoms with van der Waals surface area (Å²) in [6.45, 7) is 11.2. The summed E-state index contributed by atoms with van der Waals surface area (Å²) in [5.74, 6) is 3.17. The molecule has 0 radical (unpaired) electrons. The molecule has 1 unspecified atom stereocenters. The van der Waals surface area contributed by atoms with Crippen molar-refractivity contribution in [2.45, 2.75) is 32.7 Å². The van der Waals surface area contributed by atoms with Crippen LogP contribution in [0.3, 0.4) is 0 Å². The highest BCUT2D eigenvalue weighted by Crippen LogP contribution is 2.22. The summed E-state index contributed by atoms with van der Waals surface area (Å²) in [7, 11) is 0. The van der Waals surface area contributed by atoms with Gasteiger partial charge in [0.05, 0.1) is 0 Å². The average molecular weight is 371 g/mol. The summed E-state index contributed by atoms with van der Waals surface area (Å²) < 4.78 is 0. The molecule has 2 aromatic carbocycles. The normalized spacial score (nSPS) is 19.5. The Morgan fingerprint density at radius 3 is 2.04 bits per heavy atom. The molecule has 0 aliphatic carbocycles. The first-order valence-corrected chi connectivity index (χ1v) is 11.1. The van der Waals surface area contributed by atoms with Crippen molar-refractivity contribution in [2.75, 3.05) is 37.7 Å². The fourth-order valence-corrected chi connectivity index (χ4v) is 4.47. The lowest BCUT2D eigenvalue weighted by Crippen LogP contribution is -2.54. The van der Waals surface area contributed by atoms with Gasteiger partial charge in [-0.25, -0.2) is 0 Å². The lowest BCUT2D eigenvalue weighted by molar-refractivity contribution is 0.182. The summed E-state index contributed by atoms with van der Waals surface area (Å²) in [5.41, 5.74) is 2.75. The molecular weight excluding hydrogens is 336 g/mol. The molecule has 2 fully saturated rings. The highest BCUT2D eigenvalue weighted by Gasteiger charge is 2.24.